The first kappa shape index (κ1) is 19.0. The summed E-state index contributed by atoms with van der Waals surface area (Å²) < 4.78 is 0. The number of rotatable bonds is 5. The van der Waals surface area contributed by atoms with Crippen molar-refractivity contribution in [3.05, 3.63) is 58.9 Å². The molecule has 144 valence electrons. The highest BCUT2D eigenvalue weighted by Crippen LogP contribution is 2.23. The summed E-state index contributed by atoms with van der Waals surface area (Å²) in [4.78, 5) is 27.9. The normalized spacial score (nSPS) is 14.8. The van der Waals surface area contributed by atoms with Crippen LogP contribution in [0.2, 0.25) is 0 Å². The zero-order valence-corrected chi connectivity index (χ0v) is 17.2. The van der Waals surface area contributed by atoms with Gasteiger partial charge in [0.15, 0.2) is 10.8 Å². The van der Waals surface area contributed by atoms with E-state index in [0.29, 0.717) is 16.5 Å². The van der Waals surface area contributed by atoms with Crippen molar-refractivity contribution in [2.75, 3.05) is 29.9 Å². The summed E-state index contributed by atoms with van der Waals surface area (Å²) in [5.74, 6) is 2.69. The minimum absolute atomic E-state index is 0.215. The maximum absolute atomic E-state index is 12.7. The van der Waals surface area contributed by atoms with Crippen molar-refractivity contribution in [1.82, 2.24) is 19.9 Å². The van der Waals surface area contributed by atoms with Crippen LogP contribution in [0, 0.1) is 6.92 Å². The van der Waals surface area contributed by atoms with Crippen LogP contribution in [0.15, 0.2) is 42.0 Å². The van der Waals surface area contributed by atoms with Crippen LogP contribution >= 0.6 is 23.1 Å². The molecular weight excluding hydrogens is 390 g/mol. The number of aryl methyl sites for hydroxylation is 1. The fourth-order valence-corrected chi connectivity index (χ4v) is 4.72. The van der Waals surface area contributed by atoms with Gasteiger partial charge >= 0.3 is 0 Å². The molecule has 1 N–H and O–H groups in total. The van der Waals surface area contributed by atoms with Crippen molar-refractivity contribution in [3.63, 3.8) is 0 Å². The van der Waals surface area contributed by atoms with Crippen molar-refractivity contribution in [3.8, 4) is 10.8 Å². The number of anilines is 1. The molecule has 28 heavy (non-hydrogen) atoms. The monoisotopic (exact) mass is 411 g/mol. The molecule has 1 amide bonds. The molecule has 0 atom stereocenters. The molecule has 2 aromatic heterocycles. The number of nitrogens with zero attached hydrogens (tertiary/aromatic N) is 4. The maximum atomic E-state index is 12.7. The van der Waals surface area contributed by atoms with Gasteiger partial charge in [0.1, 0.15) is 5.69 Å². The third kappa shape index (κ3) is 4.57. The molecule has 0 unspecified atom stereocenters. The zero-order chi connectivity index (χ0) is 19.3. The molecule has 0 aliphatic carbocycles. The molecule has 1 saturated heterocycles. The fourth-order valence-electron chi connectivity index (χ4n) is 3.00. The Kier molecular flexibility index (Phi) is 5.99. The first-order valence-electron chi connectivity index (χ1n) is 9.13. The Labute approximate surface area is 172 Å². The van der Waals surface area contributed by atoms with Crippen LogP contribution in [0.5, 0.6) is 0 Å². The standard InChI is InChI=1S/C20H21N5OS2/c1-14-3-4-15(12-25-7-9-27-10-8-25)11-16(14)23-19(26)17-13-28-20(24-17)18-21-5-2-6-22-18/h2-6,11,13H,7-10,12H2,1H3,(H,23,26). The summed E-state index contributed by atoms with van der Waals surface area (Å²) >= 11 is 3.37. The van der Waals surface area contributed by atoms with Crippen molar-refractivity contribution < 1.29 is 4.79 Å². The molecule has 6 nitrogen and oxygen atoms in total. The van der Waals surface area contributed by atoms with Gasteiger partial charge in [0, 0.05) is 54.6 Å². The molecule has 0 radical (unpaired) electrons. The number of thiazole rings is 1. The molecule has 1 aromatic carbocycles. The van der Waals surface area contributed by atoms with Crippen LogP contribution in [0.3, 0.4) is 0 Å². The summed E-state index contributed by atoms with van der Waals surface area (Å²) in [6.45, 7) is 5.14. The van der Waals surface area contributed by atoms with Gasteiger partial charge in [-0.2, -0.15) is 11.8 Å². The molecule has 1 fully saturated rings. The summed E-state index contributed by atoms with van der Waals surface area (Å²) in [6, 6.07) is 8.03. The van der Waals surface area contributed by atoms with Crippen LogP contribution in [0.1, 0.15) is 21.6 Å². The lowest BCUT2D eigenvalue weighted by Gasteiger charge is -2.26. The number of nitrogens with one attached hydrogen (secondary N) is 1. The van der Waals surface area contributed by atoms with Gasteiger partial charge in [0.2, 0.25) is 0 Å². The van der Waals surface area contributed by atoms with E-state index in [2.05, 4.69) is 43.4 Å². The van der Waals surface area contributed by atoms with Gasteiger partial charge in [-0.25, -0.2) is 15.0 Å². The molecule has 0 spiro atoms. The number of amides is 1. The van der Waals surface area contributed by atoms with E-state index in [4.69, 9.17) is 0 Å². The first-order valence-corrected chi connectivity index (χ1v) is 11.2. The van der Waals surface area contributed by atoms with Gasteiger partial charge < -0.3 is 5.32 Å². The zero-order valence-electron chi connectivity index (χ0n) is 15.6. The lowest BCUT2D eigenvalue weighted by atomic mass is 10.1. The molecule has 8 heteroatoms. The van der Waals surface area contributed by atoms with E-state index in [0.717, 1.165) is 30.9 Å². The highest BCUT2D eigenvalue weighted by molar-refractivity contribution is 7.99. The molecule has 3 aromatic rings. The Morgan fingerprint density at radius 3 is 2.79 bits per heavy atom. The van der Waals surface area contributed by atoms with E-state index in [1.807, 2.05) is 18.7 Å². The lowest BCUT2D eigenvalue weighted by Crippen LogP contribution is -2.32. The van der Waals surface area contributed by atoms with Crippen molar-refractivity contribution >= 4 is 34.7 Å². The maximum Gasteiger partial charge on any atom is 0.275 e. The predicted octanol–water partition coefficient (Wildman–Crippen LogP) is 3.71. The van der Waals surface area contributed by atoms with Crippen molar-refractivity contribution in [2.24, 2.45) is 0 Å². The smallest absolute Gasteiger partial charge is 0.275 e. The number of thioether (sulfide) groups is 1. The SMILES string of the molecule is Cc1ccc(CN2CCSCC2)cc1NC(=O)c1csc(-c2ncccn2)n1. The van der Waals surface area contributed by atoms with E-state index in [1.54, 1.807) is 23.8 Å². The summed E-state index contributed by atoms with van der Waals surface area (Å²) in [5, 5.41) is 5.39. The second-order valence-corrected chi connectivity index (χ2v) is 8.69. The predicted molar refractivity (Wildman–Crippen MR) is 115 cm³/mol. The largest absolute Gasteiger partial charge is 0.320 e. The lowest BCUT2D eigenvalue weighted by molar-refractivity contribution is 0.102. The number of benzene rings is 1. The number of aromatic nitrogens is 3. The Hall–Kier alpha value is -2.29. The van der Waals surface area contributed by atoms with Gasteiger partial charge in [0.25, 0.3) is 5.91 Å². The summed E-state index contributed by atoms with van der Waals surface area (Å²) in [7, 11) is 0. The molecule has 1 aliphatic rings. The average Bonchev–Trinajstić information content (AvgIpc) is 3.22. The van der Waals surface area contributed by atoms with E-state index in [-0.39, 0.29) is 5.91 Å². The van der Waals surface area contributed by atoms with Gasteiger partial charge in [-0.1, -0.05) is 12.1 Å². The Morgan fingerprint density at radius 2 is 2.00 bits per heavy atom. The molecule has 0 saturated carbocycles. The van der Waals surface area contributed by atoms with E-state index in [9.17, 15) is 4.79 Å². The van der Waals surface area contributed by atoms with Gasteiger partial charge in [-0.05, 0) is 30.2 Å². The fraction of sp³-hybridized carbons (Fsp3) is 0.300. The van der Waals surface area contributed by atoms with Crippen LogP contribution < -0.4 is 5.32 Å². The molecule has 1 aliphatic heterocycles. The van der Waals surface area contributed by atoms with Crippen LogP contribution in [0.4, 0.5) is 5.69 Å². The van der Waals surface area contributed by atoms with Crippen LogP contribution in [-0.2, 0) is 6.54 Å². The Balaban J connectivity index is 1.46. The van der Waals surface area contributed by atoms with Gasteiger partial charge in [0.05, 0.1) is 0 Å². The number of carbonyl (C=O) groups excluding carboxylic acids is 1. The highest BCUT2D eigenvalue weighted by Gasteiger charge is 2.15. The van der Waals surface area contributed by atoms with Crippen LogP contribution in [0.25, 0.3) is 10.8 Å². The Morgan fingerprint density at radius 1 is 1.21 bits per heavy atom. The topological polar surface area (TPSA) is 71.0 Å². The quantitative estimate of drug-likeness (QED) is 0.690. The first-order chi connectivity index (χ1) is 13.7. The number of hydrogen-bond acceptors (Lipinski definition) is 7. The highest BCUT2D eigenvalue weighted by atomic mass is 32.2. The van der Waals surface area contributed by atoms with Crippen LogP contribution in [-0.4, -0.2) is 50.4 Å². The summed E-state index contributed by atoms with van der Waals surface area (Å²) in [5.41, 5.74) is 3.46. The number of carbonyl (C=O) groups is 1. The summed E-state index contributed by atoms with van der Waals surface area (Å²) in [6.07, 6.45) is 3.33. The second-order valence-electron chi connectivity index (χ2n) is 6.60. The third-order valence-electron chi connectivity index (χ3n) is 4.55. The van der Waals surface area contributed by atoms with E-state index >= 15 is 0 Å². The third-order valence-corrected chi connectivity index (χ3v) is 6.33. The molecule has 4 rings (SSSR count). The molecule has 3 heterocycles. The average molecular weight is 412 g/mol. The van der Waals surface area contributed by atoms with E-state index in [1.165, 1.54) is 28.4 Å². The minimum Gasteiger partial charge on any atom is -0.320 e. The second kappa shape index (κ2) is 8.81. The number of hydrogen-bond donors (Lipinski definition) is 1. The molecular formula is C20H21N5OS2. The van der Waals surface area contributed by atoms with Gasteiger partial charge in [-0.3, -0.25) is 9.69 Å². The minimum atomic E-state index is -0.215. The Bertz CT molecular complexity index is 954. The van der Waals surface area contributed by atoms with Crippen molar-refractivity contribution in [2.45, 2.75) is 13.5 Å². The van der Waals surface area contributed by atoms with Gasteiger partial charge in [-0.15, -0.1) is 11.3 Å². The molecule has 0 bridgehead atoms. The van der Waals surface area contributed by atoms with E-state index < -0.39 is 0 Å². The van der Waals surface area contributed by atoms with Crippen molar-refractivity contribution in [1.29, 1.82) is 0 Å².